The molecule has 0 bridgehead atoms. The van der Waals surface area contributed by atoms with Gasteiger partial charge in [-0.1, -0.05) is 0 Å². The Morgan fingerprint density at radius 3 is 3.03 bits per heavy atom. The molecule has 0 spiro atoms. The van der Waals surface area contributed by atoms with Crippen molar-refractivity contribution in [2.24, 2.45) is 0 Å². The SMILES string of the molecule is N#Cc1c(NC(=O)/C=C/c2ccco2)sc2c1CCC(OC(=O)N1CCCCO1)C2. The van der Waals surface area contributed by atoms with Crippen LogP contribution in [0, 0.1) is 11.3 Å². The maximum atomic E-state index is 12.3. The Labute approximate surface area is 177 Å². The molecule has 8 nitrogen and oxygen atoms in total. The number of nitriles is 1. The topological polar surface area (TPSA) is 105 Å². The molecule has 156 valence electrons. The number of rotatable bonds is 4. The van der Waals surface area contributed by atoms with E-state index in [0.29, 0.717) is 48.7 Å². The van der Waals surface area contributed by atoms with Crippen LogP contribution in [0.3, 0.4) is 0 Å². The highest BCUT2D eigenvalue weighted by atomic mass is 32.1. The summed E-state index contributed by atoms with van der Waals surface area (Å²) < 4.78 is 10.8. The molecular weight excluding hydrogens is 406 g/mol. The van der Waals surface area contributed by atoms with Crippen LogP contribution in [0.4, 0.5) is 9.80 Å². The number of hydroxylamine groups is 2. The molecular formula is C21H21N3O5S. The summed E-state index contributed by atoms with van der Waals surface area (Å²) in [5, 5.41) is 14.2. The lowest BCUT2D eigenvalue weighted by atomic mass is 9.94. The van der Waals surface area contributed by atoms with Gasteiger partial charge in [0.1, 0.15) is 22.9 Å². The van der Waals surface area contributed by atoms with E-state index < -0.39 is 6.09 Å². The van der Waals surface area contributed by atoms with Gasteiger partial charge < -0.3 is 14.5 Å². The van der Waals surface area contributed by atoms with E-state index >= 15 is 0 Å². The van der Waals surface area contributed by atoms with E-state index in [1.165, 1.54) is 28.7 Å². The molecule has 2 aliphatic rings. The van der Waals surface area contributed by atoms with Crippen molar-refractivity contribution in [2.75, 3.05) is 18.5 Å². The molecule has 2 aromatic heterocycles. The van der Waals surface area contributed by atoms with Crippen molar-refractivity contribution in [2.45, 2.75) is 38.2 Å². The fourth-order valence-electron chi connectivity index (χ4n) is 3.50. The zero-order valence-corrected chi connectivity index (χ0v) is 17.1. The van der Waals surface area contributed by atoms with Crippen molar-refractivity contribution in [3.05, 3.63) is 46.2 Å². The van der Waals surface area contributed by atoms with Gasteiger partial charge in [0.2, 0.25) is 5.91 Å². The van der Waals surface area contributed by atoms with Crippen LogP contribution in [0.2, 0.25) is 0 Å². The van der Waals surface area contributed by atoms with Gasteiger partial charge in [0.05, 0.1) is 25.0 Å². The molecule has 1 aliphatic carbocycles. The van der Waals surface area contributed by atoms with Crippen LogP contribution in [0.15, 0.2) is 28.9 Å². The number of anilines is 1. The molecule has 2 amide bonds. The monoisotopic (exact) mass is 427 g/mol. The molecule has 4 rings (SSSR count). The van der Waals surface area contributed by atoms with Crippen molar-refractivity contribution in [1.29, 1.82) is 5.26 Å². The Morgan fingerprint density at radius 1 is 1.40 bits per heavy atom. The molecule has 1 fully saturated rings. The predicted molar refractivity (Wildman–Crippen MR) is 110 cm³/mol. The van der Waals surface area contributed by atoms with Crippen molar-refractivity contribution < 1.29 is 23.6 Å². The quantitative estimate of drug-likeness (QED) is 0.743. The first-order valence-corrected chi connectivity index (χ1v) is 10.6. The van der Waals surface area contributed by atoms with Crippen molar-refractivity contribution in [3.8, 4) is 6.07 Å². The van der Waals surface area contributed by atoms with Gasteiger partial charge >= 0.3 is 6.09 Å². The third kappa shape index (κ3) is 4.56. The lowest BCUT2D eigenvalue weighted by Gasteiger charge is -2.28. The zero-order valence-electron chi connectivity index (χ0n) is 16.3. The number of fused-ring (bicyclic) bond motifs is 1. The largest absolute Gasteiger partial charge is 0.465 e. The third-order valence-electron chi connectivity index (χ3n) is 4.98. The number of hydrogen-bond donors (Lipinski definition) is 1. The van der Waals surface area contributed by atoms with E-state index in [0.717, 1.165) is 23.3 Å². The molecule has 2 aromatic rings. The Bertz CT molecular complexity index is 983. The number of nitrogens with zero attached hydrogens (tertiary/aromatic N) is 2. The molecule has 9 heteroatoms. The Morgan fingerprint density at radius 2 is 2.30 bits per heavy atom. The average molecular weight is 427 g/mol. The van der Waals surface area contributed by atoms with Crippen molar-refractivity contribution >= 4 is 34.4 Å². The van der Waals surface area contributed by atoms with Gasteiger partial charge in [0.25, 0.3) is 0 Å². The molecule has 1 saturated heterocycles. The van der Waals surface area contributed by atoms with Gasteiger partial charge in [-0.05, 0) is 49.5 Å². The Balaban J connectivity index is 1.41. The number of carbonyl (C=O) groups is 2. The summed E-state index contributed by atoms with van der Waals surface area (Å²) in [5.41, 5.74) is 1.41. The highest BCUT2D eigenvalue weighted by molar-refractivity contribution is 7.16. The fraction of sp³-hybridized carbons (Fsp3) is 0.381. The summed E-state index contributed by atoms with van der Waals surface area (Å²) in [5.74, 6) is 0.227. The molecule has 1 unspecified atom stereocenters. The highest BCUT2D eigenvalue weighted by Crippen LogP contribution is 2.38. The Hall–Kier alpha value is -3.09. The number of amides is 2. The number of nitrogens with one attached hydrogen (secondary N) is 1. The maximum Gasteiger partial charge on any atom is 0.434 e. The number of furan rings is 1. The molecule has 0 radical (unpaired) electrons. The second-order valence-electron chi connectivity index (χ2n) is 7.05. The second kappa shape index (κ2) is 9.15. The van der Waals surface area contributed by atoms with E-state index in [-0.39, 0.29) is 12.0 Å². The van der Waals surface area contributed by atoms with Gasteiger partial charge in [-0.15, -0.1) is 11.3 Å². The summed E-state index contributed by atoms with van der Waals surface area (Å²) in [4.78, 5) is 30.8. The molecule has 30 heavy (non-hydrogen) atoms. The first kappa shape index (κ1) is 20.2. The van der Waals surface area contributed by atoms with Crippen molar-refractivity contribution in [1.82, 2.24) is 5.06 Å². The van der Waals surface area contributed by atoms with Crippen LogP contribution in [0.1, 0.15) is 41.0 Å². The highest BCUT2D eigenvalue weighted by Gasteiger charge is 2.30. The average Bonchev–Trinajstić information content (AvgIpc) is 3.39. The molecule has 0 aromatic carbocycles. The minimum atomic E-state index is -0.461. The van der Waals surface area contributed by atoms with E-state index in [2.05, 4.69) is 11.4 Å². The third-order valence-corrected chi connectivity index (χ3v) is 6.15. The molecule has 1 N–H and O–H groups in total. The van der Waals surface area contributed by atoms with Crippen LogP contribution in [0.25, 0.3) is 6.08 Å². The Kier molecular flexibility index (Phi) is 6.16. The minimum Gasteiger partial charge on any atom is -0.465 e. The molecule has 1 atom stereocenters. The van der Waals surface area contributed by atoms with E-state index in [9.17, 15) is 14.9 Å². The van der Waals surface area contributed by atoms with Gasteiger partial charge in [-0.25, -0.2) is 4.79 Å². The van der Waals surface area contributed by atoms with Gasteiger partial charge in [-0.2, -0.15) is 10.3 Å². The maximum absolute atomic E-state index is 12.3. The number of thiophene rings is 1. The van der Waals surface area contributed by atoms with Crippen LogP contribution < -0.4 is 5.32 Å². The first-order valence-electron chi connectivity index (χ1n) is 9.82. The normalized spacial score (nSPS) is 18.6. The predicted octanol–water partition coefficient (Wildman–Crippen LogP) is 3.89. The summed E-state index contributed by atoms with van der Waals surface area (Å²) >= 11 is 1.36. The van der Waals surface area contributed by atoms with Gasteiger partial charge in [-0.3, -0.25) is 9.63 Å². The fourth-order valence-corrected chi connectivity index (χ4v) is 4.77. The van der Waals surface area contributed by atoms with Gasteiger partial charge in [0, 0.05) is 17.4 Å². The van der Waals surface area contributed by atoms with E-state index in [1.54, 1.807) is 18.2 Å². The standard InChI is InChI=1S/C21H21N3O5S/c22-13-17-16-7-5-15(29-21(26)24-9-1-2-11-28-24)12-18(16)30-20(17)23-19(25)8-6-14-4-3-10-27-14/h3-4,6,8,10,15H,1-2,5,7,9,11-12H2,(H,23,25)/b8-6+. The minimum absolute atomic E-state index is 0.275. The smallest absolute Gasteiger partial charge is 0.434 e. The number of hydrogen-bond acceptors (Lipinski definition) is 7. The lowest BCUT2D eigenvalue weighted by Crippen LogP contribution is -2.39. The molecule has 0 saturated carbocycles. The number of ether oxygens (including phenoxy) is 1. The summed E-state index contributed by atoms with van der Waals surface area (Å²) in [6.45, 7) is 1.06. The van der Waals surface area contributed by atoms with Gasteiger partial charge in [0.15, 0.2) is 0 Å². The van der Waals surface area contributed by atoms with Crippen LogP contribution in [0.5, 0.6) is 0 Å². The van der Waals surface area contributed by atoms with Crippen LogP contribution >= 0.6 is 11.3 Å². The van der Waals surface area contributed by atoms with E-state index in [1.807, 2.05) is 0 Å². The van der Waals surface area contributed by atoms with Crippen LogP contribution in [-0.2, 0) is 27.2 Å². The van der Waals surface area contributed by atoms with E-state index in [4.69, 9.17) is 14.0 Å². The summed E-state index contributed by atoms with van der Waals surface area (Å²) in [7, 11) is 0. The molecule has 1 aliphatic heterocycles. The number of carbonyl (C=O) groups excluding carboxylic acids is 2. The first-order chi connectivity index (χ1) is 14.6. The molecule has 3 heterocycles. The summed E-state index contributed by atoms with van der Waals surface area (Å²) in [6.07, 6.45) is 7.32. The van der Waals surface area contributed by atoms with Crippen LogP contribution in [-0.4, -0.2) is 36.3 Å². The van der Waals surface area contributed by atoms with Crippen molar-refractivity contribution in [3.63, 3.8) is 0 Å². The zero-order chi connectivity index (χ0) is 20.9. The lowest BCUT2D eigenvalue weighted by molar-refractivity contribution is -0.161. The second-order valence-corrected chi connectivity index (χ2v) is 8.15. The summed E-state index contributed by atoms with van der Waals surface area (Å²) in [6, 6.07) is 5.68.